The molecule has 0 amide bonds. The van der Waals surface area contributed by atoms with Crippen molar-refractivity contribution in [3.63, 3.8) is 0 Å². The topological polar surface area (TPSA) is 54.5 Å². The maximum absolute atomic E-state index is 4.88. The fraction of sp³-hybridized carbons (Fsp3) is 0. The van der Waals surface area contributed by atoms with Gasteiger partial charge in [0.05, 0.1) is 0 Å². The highest BCUT2D eigenvalue weighted by atomic mass is 15.0. The SMILES string of the molecule is [B](c1ccc(-c2nc(-c3ccccc3)nc(-c3ccccc3)n2)cc1)c1ccc(-c2ccccc2)c2c1[nH]c1ccccc12. The maximum atomic E-state index is 4.88. The van der Waals surface area contributed by atoms with Crippen LogP contribution in [0.3, 0.4) is 0 Å². The molecular weight excluding hydrogens is 535 g/mol. The summed E-state index contributed by atoms with van der Waals surface area (Å²) < 4.78 is 0. The van der Waals surface area contributed by atoms with Gasteiger partial charge in [-0.05, 0) is 17.2 Å². The average Bonchev–Trinajstić information content (AvgIpc) is 3.50. The highest BCUT2D eigenvalue weighted by Gasteiger charge is 2.16. The molecule has 2 heterocycles. The fourth-order valence-corrected chi connectivity index (χ4v) is 5.80. The van der Waals surface area contributed by atoms with Crippen molar-refractivity contribution in [2.24, 2.45) is 0 Å². The summed E-state index contributed by atoms with van der Waals surface area (Å²) in [4.78, 5) is 18.3. The normalized spacial score (nSPS) is 11.2. The third-order valence-corrected chi connectivity index (χ3v) is 7.97. The monoisotopic (exact) mass is 561 g/mol. The predicted molar refractivity (Wildman–Crippen MR) is 182 cm³/mol. The molecule has 1 N–H and O–H groups in total. The Hall–Kier alpha value is -5.81. The Bertz CT molecular complexity index is 2170. The molecule has 0 fully saturated rings. The lowest BCUT2D eigenvalue weighted by molar-refractivity contribution is 1.07. The van der Waals surface area contributed by atoms with Crippen molar-refractivity contribution in [2.75, 3.05) is 0 Å². The van der Waals surface area contributed by atoms with Gasteiger partial charge in [-0.25, -0.2) is 15.0 Å². The molecule has 0 saturated carbocycles. The molecule has 0 saturated heterocycles. The summed E-state index contributed by atoms with van der Waals surface area (Å²) >= 11 is 0. The highest BCUT2D eigenvalue weighted by molar-refractivity contribution is 6.70. The standard InChI is InChI=1S/C39H26BN4/c1-4-12-26(13-5-1)31-24-25-33(36-35(31)32-18-10-11-19-34(32)41-36)40-30-22-20-29(21-23-30)39-43-37(27-14-6-2-7-15-27)42-38(44-39)28-16-8-3-9-17-28/h1-25,41H. The van der Waals surface area contributed by atoms with Crippen LogP contribution in [0.2, 0.25) is 0 Å². The molecule has 0 aliphatic heterocycles. The number of benzene rings is 6. The van der Waals surface area contributed by atoms with E-state index in [9.17, 15) is 0 Å². The van der Waals surface area contributed by atoms with Gasteiger partial charge in [-0.1, -0.05) is 157 Å². The average molecular weight is 561 g/mol. The van der Waals surface area contributed by atoms with Crippen LogP contribution in [-0.4, -0.2) is 27.2 Å². The smallest absolute Gasteiger partial charge is 0.194 e. The van der Waals surface area contributed by atoms with Gasteiger partial charge in [-0.2, -0.15) is 0 Å². The Labute approximate surface area is 256 Å². The molecule has 6 aromatic carbocycles. The molecule has 4 nitrogen and oxygen atoms in total. The Morgan fingerprint density at radius 2 is 0.932 bits per heavy atom. The molecule has 0 spiro atoms. The zero-order chi connectivity index (χ0) is 29.3. The van der Waals surface area contributed by atoms with Gasteiger partial charge < -0.3 is 4.98 Å². The number of aromatic nitrogens is 4. The molecule has 0 bridgehead atoms. The van der Waals surface area contributed by atoms with E-state index in [2.05, 4.69) is 103 Å². The molecule has 1 radical (unpaired) electrons. The van der Waals surface area contributed by atoms with Gasteiger partial charge in [0.15, 0.2) is 24.8 Å². The van der Waals surface area contributed by atoms with E-state index < -0.39 is 0 Å². The first-order valence-corrected chi connectivity index (χ1v) is 14.7. The first-order valence-electron chi connectivity index (χ1n) is 14.7. The van der Waals surface area contributed by atoms with Gasteiger partial charge >= 0.3 is 0 Å². The van der Waals surface area contributed by atoms with Crippen LogP contribution < -0.4 is 10.9 Å². The number of aromatic amines is 1. The number of para-hydroxylation sites is 1. The third-order valence-electron chi connectivity index (χ3n) is 7.97. The van der Waals surface area contributed by atoms with E-state index in [1.165, 1.54) is 21.9 Å². The van der Waals surface area contributed by atoms with Crippen molar-refractivity contribution in [3.05, 3.63) is 152 Å². The van der Waals surface area contributed by atoms with Crippen molar-refractivity contribution in [2.45, 2.75) is 0 Å². The van der Waals surface area contributed by atoms with E-state index in [-0.39, 0.29) is 0 Å². The van der Waals surface area contributed by atoms with Gasteiger partial charge in [0, 0.05) is 38.5 Å². The number of rotatable bonds is 6. The van der Waals surface area contributed by atoms with Gasteiger partial charge in [0.1, 0.15) is 0 Å². The minimum absolute atomic E-state index is 0.648. The molecule has 0 unspecified atom stereocenters. The summed E-state index contributed by atoms with van der Waals surface area (Å²) in [5.41, 5.74) is 9.80. The molecule has 0 aliphatic carbocycles. The molecule has 8 rings (SSSR count). The van der Waals surface area contributed by atoms with Gasteiger partial charge in [0.25, 0.3) is 0 Å². The summed E-state index contributed by atoms with van der Waals surface area (Å²) in [5.74, 6) is 1.96. The fourth-order valence-electron chi connectivity index (χ4n) is 5.80. The van der Waals surface area contributed by atoms with Crippen molar-refractivity contribution in [1.82, 2.24) is 19.9 Å². The first-order chi connectivity index (χ1) is 21.8. The number of nitrogens with one attached hydrogen (secondary N) is 1. The van der Waals surface area contributed by atoms with Crippen LogP contribution >= 0.6 is 0 Å². The molecule has 0 atom stereocenters. The lowest BCUT2D eigenvalue weighted by atomic mass is 9.63. The summed E-state index contributed by atoms with van der Waals surface area (Å²) in [5, 5.41) is 2.47. The van der Waals surface area contributed by atoms with E-state index in [1.807, 2.05) is 60.7 Å². The van der Waals surface area contributed by atoms with Crippen LogP contribution in [0, 0.1) is 0 Å². The van der Waals surface area contributed by atoms with E-state index in [1.54, 1.807) is 0 Å². The van der Waals surface area contributed by atoms with E-state index in [4.69, 9.17) is 15.0 Å². The zero-order valence-electron chi connectivity index (χ0n) is 23.9. The van der Waals surface area contributed by atoms with E-state index in [0.29, 0.717) is 17.5 Å². The van der Waals surface area contributed by atoms with Crippen LogP contribution in [0.1, 0.15) is 0 Å². The minimum Gasteiger partial charge on any atom is -0.355 e. The Kier molecular flexibility index (Phi) is 6.54. The van der Waals surface area contributed by atoms with Crippen LogP contribution in [0.15, 0.2) is 152 Å². The highest BCUT2D eigenvalue weighted by Crippen LogP contribution is 2.33. The molecule has 205 valence electrons. The third kappa shape index (κ3) is 4.85. The number of hydrogen-bond acceptors (Lipinski definition) is 3. The number of fused-ring (bicyclic) bond motifs is 3. The van der Waals surface area contributed by atoms with Gasteiger partial charge in [0.2, 0.25) is 0 Å². The molecule has 0 aliphatic rings. The van der Waals surface area contributed by atoms with Crippen LogP contribution in [-0.2, 0) is 0 Å². The summed E-state index contributed by atoms with van der Waals surface area (Å²) in [6.07, 6.45) is 0. The van der Waals surface area contributed by atoms with Crippen molar-refractivity contribution in [3.8, 4) is 45.3 Å². The van der Waals surface area contributed by atoms with Crippen molar-refractivity contribution < 1.29 is 0 Å². The summed E-state index contributed by atoms with van der Waals surface area (Å²) in [6.45, 7) is 0. The zero-order valence-corrected chi connectivity index (χ0v) is 23.9. The Balaban J connectivity index is 1.17. The molecular formula is C39H26BN4. The Morgan fingerprint density at radius 1 is 0.432 bits per heavy atom. The number of H-pyrrole nitrogens is 1. The second-order valence-electron chi connectivity index (χ2n) is 10.8. The second-order valence-corrected chi connectivity index (χ2v) is 10.8. The van der Waals surface area contributed by atoms with Crippen molar-refractivity contribution in [1.29, 1.82) is 0 Å². The molecule has 5 heteroatoms. The predicted octanol–water partition coefficient (Wildman–Crippen LogP) is 7.83. The van der Waals surface area contributed by atoms with Crippen LogP contribution in [0.4, 0.5) is 0 Å². The van der Waals surface area contributed by atoms with Crippen molar-refractivity contribution >= 4 is 40.0 Å². The number of hydrogen-bond donors (Lipinski definition) is 1. The maximum Gasteiger partial charge on any atom is 0.194 e. The van der Waals surface area contributed by atoms with Gasteiger partial charge in [-0.3, -0.25) is 0 Å². The summed E-state index contributed by atoms with van der Waals surface area (Å²) in [6, 6.07) is 52.1. The second kappa shape index (κ2) is 11.1. The van der Waals surface area contributed by atoms with Gasteiger partial charge in [-0.15, -0.1) is 0 Å². The quantitative estimate of drug-likeness (QED) is 0.211. The molecule has 8 aromatic rings. The first kappa shape index (κ1) is 25.9. The summed E-state index contributed by atoms with van der Waals surface area (Å²) in [7, 11) is 2.23. The van der Waals surface area contributed by atoms with E-state index >= 15 is 0 Å². The van der Waals surface area contributed by atoms with Crippen LogP contribution in [0.5, 0.6) is 0 Å². The lowest BCUT2D eigenvalue weighted by Gasteiger charge is -2.10. The lowest BCUT2D eigenvalue weighted by Crippen LogP contribution is -2.27. The van der Waals surface area contributed by atoms with E-state index in [0.717, 1.165) is 38.6 Å². The minimum atomic E-state index is 0.648. The van der Waals surface area contributed by atoms with Crippen LogP contribution in [0.25, 0.3) is 67.1 Å². The molecule has 44 heavy (non-hydrogen) atoms. The Morgan fingerprint density at radius 3 is 1.52 bits per heavy atom. The number of nitrogens with zero attached hydrogens (tertiary/aromatic N) is 3. The molecule has 2 aromatic heterocycles. The largest absolute Gasteiger partial charge is 0.355 e.